The van der Waals surface area contributed by atoms with Gasteiger partial charge in [0.2, 0.25) is 0 Å². The fourth-order valence-electron chi connectivity index (χ4n) is 2.22. The molecule has 1 heterocycles. The van der Waals surface area contributed by atoms with Gasteiger partial charge in [0, 0.05) is 24.8 Å². The number of rotatable bonds is 4. The summed E-state index contributed by atoms with van der Waals surface area (Å²) in [6.45, 7) is 5.73. The average molecular weight is 234 g/mol. The van der Waals surface area contributed by atoms with E-state index in [-0.39, 0.29) is 6.04 Å². The Morgan fingerprint density at radius 1 is 1.29 bits per heavy atom. The number of anilines is 1. The zero-order valence-electron chi connectivity index (χ0n) is 10.6. The van der Waals surface area contributed by atoms with Crippen LogP contribution in [0, 0.1) is 0 Å². The van der Waals surface area contributed by atoms with E-state index in [0.29, 0.717) is 0 Å². The molecule has 0 aromatic heterocycles. The normalized spacial score (nSPS) is 18.1. The summed E-state index contributed by atoms with van der Waals surface area (Å²) in [4.78, 5) is 2.42. The first-order chi connectivity index (χ1) is 8.27. The fraction of sp³-hybridized carbons (Fsp3) is 0.571. The summed E-state index contributed by atoms with van der Waals surface area (Å²) in [5.74, 6) is 0. The molecule has 0 amide bonds. The van der Waals surface area contributed by atoms with E-state index in [9.17, 15) is 0 Å². The van der Waals surface area contributed by atoms with Gasteiger partial charge in [0.15, 0.2) is 0 Å². The Balaban J connectivity index is 2.09. The number of morpholine rings is 1. The number of hydrogen-bond acceptors (Lipinski definition) is 3. The number of benzene rings is 1. The highest BCUT2D eigenvalue weighted by Crippen LogP contribution is 2.22. The van der Waals surface area contributed by atoms with E-state index in [1.54, 1.807) is 0 Å². The molecule has 1 aromatic rings. The van der Waals surface area contributed by atoms with Gasteiger partial charge in [-0.2, -0.15) is 0 Å². The number of hydrogen-bond donors (Lipinski definition) is 1. The van der Waals surface area contributed by atoms with Crippen LogP contribution in [-0.4, -0.2) is 32.3 Å². The molecule has 17 heavy (non-hydrogen) atoms. The van der Waals surface area contributed by atoms with Gasteiger partial charge in [0.25, 0.3) is 0 Å². The Labute approximate surface area is 104 Å². The topological polar surface area (TPSA) is 38.5 Å². The number of nitrogens with two attached hydrogens (primary N) is 1. The van der Waals surface area contributed by atoms with Crippen molar-refractivity contribution >= 4 is 5.69 Å². The predicted molar refractivity (Wildman–Crippen MR) is 71.4 cm³/mol. The monoisotopic (exact) mass is 234 g/mol. The smallest absolute Gasteiger partial charge is 0.0642 e. The van der Waals surface area contributed by atoms with Gasteiger partial charge in [-0.3, -0.25) is 0 Å². The van der Waals surface area contributed by atoms with Gasteiger partial charge in [-0.1, -0.05) is 18.2 Å². The second-order valence-corrected chi connectivity index (χ2v) is 4.74. The van der Waals surface area contributed by atoms with Crippen LogP contribution in [0.25, 0.3) is 0 Å². The molecular weight excluding hydrogens is 212 g/mol. The molecule has 94 valence electrons. The van der Waals surface area contributed by atoms with Crippen LogP contribution < -0.4 is 10.6 Å². The number of ether oxygens (including phenoxy) is 1. The summed E-state index contributed by atoms with van der Waals surface area (Å²) < 4.78 is 5.40. The van der Waals surface area contributed by atoms with E-state index in [4.69, 9.17) is 10.5 Å². The summed E-state index contributed by atoms with van der Waals surface area (Å²) in [5.41, 5.74) is 8.60. The first-order valence-electron chi connectivity index (χ1n) is 6.43. The van der Waals surface area contributed by atoms with Crippen LogP contribution in [0.2, 0.25) is 0 Å². The van der Waals surface area contributed by atoms with Crippen molar-refractivity contribution in [1.29, 1.82) is 0 Å². The van der Waals surface area contributed by atoms with Gasteiger partial charge in [0.05, 0.1) is 13.2 Å². The molecule has 2 N–H and O–H groups in total. The summed E-state index contributed by atoms with van der Waals surface area (Å²) in [6, 6.07) is 8.92. The Morgan fingerprint density at radius 2 is 2.00 bits per heavy atom. The molecule has 3 heteroatoms. The van der Waals surface area contributed by atoms with Crippen LogP contribution in [0.1, 0.15) is 18.9 Å². The van der Waals surface area contributed by atoms with Crippen LogP contribution in [0.5, 0.6) is 0 Å². The summed E-state index contributed by atoms with van der Waals surface area (Å²) in [7, 11) is 0. The lowest BCUT2D eigenvalue weighted by molar-refractivity contribution is 0.122. The maximum absolute atomic E-state index is 5.84. The molecule has 0 aliphatic carbocycles. The first-order valence-corrected chi connectivity index (χ1v) is 6.43. The Morgan fingerprint density at radius 3 is 2.71 bits per heavy atom. The van der Waals surface area contributed by atoms with Crippen molar-refractivity contribution in [3.8, 4) is 0 Å². The number of aryl methyl sites for hydroxylation is 1. The van der Waals surface area contributed by atoms with Crippen molar-refractivity contribution < 1.29 is 4.74 Å². The van der Waals surface area contributed by atoms with Crippen molar-refractivity contribution in [3.63, 3.8) is 0 Å². The molecule has 1 fully saturated rings. The standard InChI is InChI=1S/C14H22N2O/c1-12(15)6-7-13-4-2-3-5-14(13)16-8-10-17-11-9-16/h2-5,12H,6-11,15H2,1H3/t12-/m0/s1. The van der Waals surface area contributed by atoms with Gasteiger partial charge >= 0.3 is 0 Å². The molecule has 1 aromatic carbocycles. The minimum atomic E-state index is 0.271. The fourth-order valence-corrected chi connectivity index (χ4v) is 2.22. The molecule has 1 aliphatic heterocycles. The molecule has 3 nitrogen and oxygen atoms in total. The molecule has 1 aliphatic rings. The molecule has 0 spiro atoms. The Kier molecular flexibility index (Phi) is 4.40. The molecular formula is C14H22N2O. The number of para-hydroxylation sites is 1. The van der Waals surface area contributed by atoms with Gasteiger partial charge in [-0.05, 0) is 31.4 Å². The van der Waals surface area contributed by atoms with Gasteiger partial charge in [-0.25, -0.2) is 0 Å². The first kappa shape index (κ1) is 12.4. The van der Waals surface area contributed by atoms with Gasteiger partial charge in [-0.15, -0.1) is 0 Å². The van der Waals surface area contributed by atoms with Crippen molar-refractivity contribution in [2.45, 2.75) is 25.8 Å². The zero-order valence-corrected chi connectivity index (χ0v) is 10.6. The van der Waals surface area contributed by atoms with E-state index in [0.717, 1.165) is 39.1 Å². The molecule has 2 rings (SSSR count). The Hall–Kier alpha value is -1.06. The molecule has 0 radical (unpaired) electrons. The van der Waals surface area contributed by atoms with E-state index in [1.165, 1.54) is 11.3 Å². The second-order valence-electron chi connectivity index (χ2n) is 4.74. The highest BCUT2D eigenvalue weighted by Gasteiger charge is 2.14. The summed E-state index contributed by atoms with van der Waals surface area (Å²) in [6.07, 6.45) is 2.10. The molecule has 1 atom stereocenters. The largest absolute Gasteiger partial charge is 0.378 e. The summed E-state index contributed by atoms with van der Waals surface area (Å²) in [5, 5.41) is 0. The third kappa shape index (κ3) is 3.45. The van der Waals surface area contributed by atoms with Crippen LogP contribution in [-0.2, 0) is 11.2 Å². The minimum Gasteiger partial charge on any atom is -0.378 e. The third-order valence-corrected chi connectivity index (χ3v) is 3.21. The molecule has 1 saturated heterocycles. The second kappa shape index (κ2) is 6.03. The maximum atomic E-state index is 5.84. The van der Waals surface area contributed by atoms with Crippen molar-refractivity contribution in [1.82, 2.24) is 0 Å². The lowest BCUT2D eigenvalue weighted by atomic mass is 10.0. The molecule has 0 bridgehead atoms. The highest BCUT2D eigenvalue weighted by molar-refractivity contribution is 5.54. The zero-order chi connectivity index (χ0) is 12.1. The summed E-state index contributed by atoms with van der Waals surface area (Å²) >= 11 is 0. The van der Waals surface area contributed by atoms with Gasteiger partial charge in [0.1, 0.15) is 0 Å². The average Bonchev–Trinajstić information content (AvgIpc) is 2.38. The van der Waals surface area contributed by atoms with E-state index < -0.39 is 0 Å². The SMILES string of the molecule is C[C@H](N)CCc1ccccc1N1CCOCC1. The van der Waals surface area contributed by atoms with Crippen LogP contribution >= 0.6 is 0 Å². The predicted octanol–water partition coefficient (Wildman–Crippen LogP) is 1.80. The van der Waals surface area contributed by atoms with Crippen molar-refractivity contribution in [2.24, 2.45) is 5.73 Å². The highest BCUT2D eigenvalue weighted by atomic mass is 16.5. The van der Waals surface area contributed by atoms with E-state index in [1.807, 2.05) is 0 Å². The van der Waals surface area contributed by atoms with Crippen molar-refractivity contribution in [3.05, 3.63) is 29.8 Å². The quantitative estimate of drug-likeness (QED) is 0.863. The molecule has 0 saturated carbocycles. The minimum absolute atomic E-state index is 0.271. The lowest BCUT2D eigenvalue weighted by Gasteiger charge is -2.30. The van der Waals surface area contributed by atoms with Crippen LogP contribution in [0.15, 0.2) is 24.3 Å². The van der Waals surface area contributed by atoms with E-state index >= 15 is 0 Å². The third-order valence-electron chi connectivity index (χ3n) is 3.21. The lowest BCUT2D eigenvalue weighted by Crippen LogP contribution is -2.36. The maximum Gasteiger partial charge on any atom is 0.0642 e. The number of nitrogens with zero attached hydrogens (tertiary/aromatic N) is 1. The molecule has 0 unspecified atom stereocenters. The Bertz CT molecular complexity index is 346. The van der Waals surface area contributed by atoms with Crippen LogP contribution in [0.4, 0.5) is 5.69 Å². The van der Waals surface area contributed by atoms with E-state index in [2.05, 4.69) is 36.1 Å². The van der Waals surface area contributed by atoms with Gasteiger partial charge < -0.3 is 15.4 Å². The van der Waals surface area contributed by atoms with Crippen molar-refractivity contribution in [2.75, 3.05) is 31.2 Å². The van der Waals surface area contributed by atoms with Crippen LogP contribution in [0.3, 0.4) is 0 Å².